The monoisotopic (exact) mass is 402 g/mol. The molecule has 4 rings (SSSR count). The van der Waals surface area contributed by atoms with Crippen molar-refractivity contribution in [2.45, 2.75) is 39.0 Å². The first-order valence-electron chi connectivity index (χ1n) is 10.4. The Kier molecular flexibility index (Phi) is 6.32. The number of rotatable bonds is 7. The predicted molar refractivity (Wildman–Crippen MR) is 119 cm³/mol. The molecule has 2 aromatic heterocycles. The largest absolute Gasteiger partial charge is 0.399 e. The maximum absolute atomic E-state index is 5.66. The second-order valence-electron chi connectivity index (χ2n) is 7.39. The van der Waals surface area contributed by atoms with Gasteiger partial charge in [0.25, 0.3) is 0 Å². The maximum atomic E-state index is 5.66. The number of aromatic nitrogens is 2. The van der Waals surface area contributed by atoms with E-state index in [1.54, 1.807) is 0 Å². The van der Waals surface area contributed by atoms with Crippen LogP contribution in [-0.4, -0.2) is 35.1 Å². The summed E-state index contributed by atoms with van der Waals surface area (Å²) in [4.78, 5) is 19.9. The summed E-state index contributed by atoms with van der Waals surface area (Å²) in [5.41, 5.74) is 6.80. The zero-order chi connectivity index (χ0) is 20.8. The normalized spacial score (nSPS) is 15.3. The quantitative estimate of drug-likeness (QED) is 0.327. The summed E-state index contributed by atoms with van der Waals surface area (Å²) in [7, 11) is 1.54. The molecule has 2 heterocycles. The lowest BCUT2D eigenvalue weighted by atomic mass is 9.93. The highest BCUT2D eigenvalue weighted by Gasteiger charge is 2.18. The summed E-state index contributed by atoms with van der Waals surface area (Å²) in [6.07, 6.45) is 4.68. The molecule has 0 saturated heterocycles. The first kappa shape index (κ1) is 20.0. The van der Waals surface area contributed by atoms with Crippen molar-refractivity contribution in [2.75, 3.05) is 13.7 Å². The summed E-state index contributed by atoms with van der Waals surface area (Å²) < 4.78 is 0. The molecule has 0 saturated carbocycles. The van der Waals surface area contributed by atoms with Crippen molar-refractivity contribution in [1.29, 1.82) is 0 Å². The van der Waals surface area contributed by atoms with Gasteiger partial charge >= 0.3 is 0 Å². The second kappa shape index (κ2) is 9.48. The molecule has 154 valence electrons. The van der Waals surface area contributed by atoms with E-state index in [-0.39, 0.29) is 0 Å². The molecule has 0 atom stereocenters. The first-order chi connectivity index (χ1) is 14.7. The highest BCUT2D eigenvalue weighted by Crippen LogP contribution is 2.24. The minimum atomic E-state index is 0.545. The minimum absolute atomic E-state index is 0.545. The summed E-state index contributed by atoms with van der Waals surface area (Å²) >= 11 is 0. The van der Waals surface area contributed by atoms with E-state index in [1.165, 1.54) is 18.1 Å². The number of oxime groups is 2. The number of aryl methyl sites for hydroxylation is 2. The molecule has 0 unspecified atom stereocenters. The number of para-hydroxylation sites is 1. The highest BCUT2D eigenvalue weighted by molar-refractivity contribution is 6.02. The molecule has 0 spiro atoms. The molecule has 0 aliphatic heterocycles. The summed E-state index contributed by atoms with van der Waals surface area (Å²) in [6.45, 7) is 2.43. The van der Waals surface area contributed by atoms with Crippen LogP contribution in [0.25, 0.3) is 10.9 Å². The van der Waals surface area contributed by atoms with Crippen LogP contribution in [0.5, 0.6) is 0 Å². The molecule has 6 nitrogen and oxygen atoms in total. The molecule has 3 aromatic rings. The number of hydrogen-bond donors (Lipinski definition) is 0. The van der Waals surface area contributed by atoms with Crippen molar-refractivity contribution in [3.05, 3.63) is 71.2 Å². The molecular formula is C24H26N4O2. The first-order valence-corrected chi connectivity index (χ1v) is 10.4. The van der Waals surface area contributed by atoms with E-state index >= 15 is 0 Å². The number of nitrogens with zero attached hydrogens (tertiary/aromatic N) is 4. The van der Waals surface area contributed by atoms with Crippen LogP contribution in [-0.2, 0) is 22.5 Å². The van der Waals surface area contributed by atoms with Gasteiger partial charge in [-0.2, -0.15) is 0 Å². The minimum Gasteiger partial charge on any atom is -0.399 e. The molecule has 0 radical (unpaired) electrons. The van der Waals surface area contributed by atoms with Crippen LogP contribution in [0.4, 0.5) is 0 Å². The van der Waals surface area contributed by atoms with Gasteiger partial charge in [0.05, 0.1) is 16.9 Å². The van der Waals surface area contributed by atoms with Crippen molar-refractivity contribution >= 4 is 22.3 Å². The zero-order valence-electron chi connectivity index (χ0n) is 17.5. The van der Waals surface area contributed by atoms with Gasteiger partial charge in [0.15, 0.2) is 0 Å². The third-order valence-electron chi connectivity index (χ3n) is 5.18. The van der Waals surface area contributed by atoms with E-state index in [0.29, 0.717) is 6.61 Å². The summed E-state index contributed by atoms with van der Waals surface area (Å²) in [5, 5.41) is 9.55. The van der Waals surface area contributed by atoms with Crippen LogP contribution in [0.3, 0.4) is 0 Å². The van der Waals surface area contributed by atoms with E-state index in [2.05, 4.69) is 27.4 Å². The van der Waals surface area contributed by atoms with Crippen molar-refractivity contribution < 1.29 is 9.68 Å². The van der Waals surface area contributed by atoms with Crippen LogP contribution in [0.1, 0.15) is 48.8 Å². The highest BCUT2D eigenvalue weighted by atomic mass is 16.6. The van der Waals surface area contributed by atoms with Gasteiger partial charge in [-0.1, -0.05) is 34.6 Å². The maximum Gasteiger partial charge on any atom is 0.117 e. The van der Waals surface area contributed by atoms with Crippen molar-refractivity contribution in [2.24, 2.45) is 10.3 Å². The lowest BCUT2D eigenvalue weighted by molar-refractivity contribution is 0.141. The zero-order valence-corrected chi connectivity index (χ0v) is 17.5. The van der Waals surface area contributed by atoms with E-state index in [9.17, 15) is 0 Å². The Balaban J connectivity index is 1.37. The van der Waals surface area contributed by atoms with Crippen LogP contribution < -0.4 is 0 Å². The third kappa shape index (κ3) is 4.64. The number of benzene rings is 1. The van der Waals surface area contributed by atoms with Crippen LogP contribution >= 0.6 is 0 Å². The van der Waals surface area contributed by atoms with E-state index < -0.39 is 0 Å². The SMILES string of the molecule is CO/N=C(\C)c1cccc(CCCO/N=C2\CCCc3cc4ccccc4nc32)n1. The molecule has 6 heteroatoms. The molecule has 0 N–H and O–H groups in total. The summed E-state index contributed by atoms with van der Waals surface area (Å²) in [6, 6.07) is 16.4. The van der Waals surface area contributed by atoms with Gasteiger partial charge < -0.3 is 9.68 Å². The standard InChI is InChI=1S/C24H26N4O2/c1-17(27-29-2)21-13-6-10-20(25-21)11-7-15-30-28-23-14-5-9-19-16-18-8-3-4-12-22(18)26-24(19)23/h3-4,6,8,10,12-13,16H,5,7,9,11,14-15H2,1-2H3/b27-17+,28-23+. The van der Waals surface area contributed by atoms with Gasteiger partial charge in [-0.15, -0.1) is 0 Å². The Morgan fingerprint density at radius 3 is 2.87 bits per heavy atom. The van der Waals surface area contributed by atoms with Gasteiger partial charge in [0.2, 0.25) is 0 Å². The Hall–Kier alpha value is -3.28. The molecule has 0 amide bonds. The fourth-order valence-corrected chi connectivity index (χ4v) is 3.70. The molecule has 0 fully saturated rings. The van der Waals surface area contributed by atoms with Crippen molar-refractivity contribution in [3.8, 4) is 0 Å². The van der Waals surface area contributed by atoms with Gasteiger partial charge in [-0.05, 0) is 68.9 Å². The van der Waals surface area contributed by atoms with Crippen LogP contribution in [0, 0.1) is 0 Å². The van der Waals surface area contributed by atoms with E-state index in [1.807, 2.05) is 43.3 Å². The number of pyridine rings is 2. The summed E-state index contributed by atoms with van der Waals surface area (Å²) in [5.74, 6) is 0. The molecule has 1 aromatic carbocycles. The van der Waals surface area contributed by atoms with E-state index in [0.717, 1.165) is 66.1 Å². The fraction of sp³-hybridized carbons (Fsp3) is 0.333. The number of fused-ring (bicyclic) bond motifs is 2. The van der Waals surface area contributed by atoms with Gasteiger partial charge in [-0.3, -0.25) is 4.98 Å². The van der Waals surface area contributed by atoms with Crippen molar-refractivity contribution in [1.82, 2.24) is 9.97 Å². The predicted octanol–water partition coefficient (Wildman–Crippen LogP) is 4.69. The molecule has 0 bridgehead atoms. The van der Waals surface area contributed by atoms with Crippen LogP contribution in [0.15, 0.2) is 58.8 Å². The Morgan fingerprint density at radius 1 is 1.07 bits per heavy atom. The molecule has 1 aliphatic rings. The Labute approximate surface area is 176 Å². The molecule has 1 aliphatic carbocycles. The van der Waals surface area contributed by atoms with Gasteiger partial charge in [-0.25, -0.2) is 4.98 Å². The van der Waals surface area contributed by atoms with E-state index in [4.69, 9.17) is 14.7 Å². The smallest absolute Gasteiger partial charge is 0.117 e. The molecular weight excluding hydrogens is 376 g/mol. The second-order valence-corrected chi connectivity index (χ2v) is 7.39. The van der Waals surface area contributed by atoms with Gasteiger partial charge in [0, 0.05) is 11.1 Å². The number of hydrogen-bond acceptors (Lipinski definition) is 6. The topological polar surface area (TPSA) is 69.0 Å². The Bertz CT molecular complexity index is 1090. The third-order valence-corrected chi connectivity index (χ3v) is 5.18. The van der Waals surface area contributed by atoms with Crippen molar-refractivity contribution in [3.63, 3.8) is 0 Å². The molecule has 30 heavy (non-hydrogen) atoms. The average Bonchev–Trinajstić information content (AvgIpc) is 2.78. The Morgan fingerprint density at radius 2 is 1.97 bits per heavy atom. The lowest BCUT2D eigenvalue weighted by Crippen LogP contribution is -2.15. The fourth-order valence-electron chi connectivity index (χ4n) is 3.70. The lowest BCUT2D eigenvalue weighted by Gasteiger charge is -2.17. The van der Waals surface area contributed by atoms with Crippen LogP contribution in [0.2, 0.25) is 0 Å². The average molecular weight is 402 g/mol. The van der Waals surface area contributed by atoms with Gasteiger partial charge in [0.1, 0.15) is 25.1 Å².